The van der Waals surface area contributed by atoms with Crippen molar-refractivity contribution in [3.63, 3.8) is 0 Å². The molecule has 0 saturated carbocycles. The third kappa shape index (κ3) is 5.39. The predicted octanol–water partition coefficient (Wildman–Crippen LogP) is 2.27. The third-order valence-electron chi connectivity index (χ3n) is 6.68. The topological polar surface area (TPSA) is 40.9 Å². The smallest absolute Gasteiger partial charge is 0.194 e. The molecule has 1 aliphatic rings. The van der Waals surface area contributed by atoms with Crippen LogP contribution in [-0.2, 0) is 17.8 Å². The Morgan fingerprint density at radius 3 is 2.30 bits per heavy atom. The molecule has 0 radical (unpaired) electrons. The highest BCUT2D eigenvalue weighted by Crippen LogP contribution is 2.30. The van der Waals surface area contributed by atoms with Crippen LogP contribution in [0.1, 0.15) is 60.4 Å². The summed E-state index contributed by atoms with van der Waals surface area (Å²) in [7, 11) is 0. The van der Waals surface area contributed by atoms with Gasteiger partial charge in [-0.3, -0.25) is 4.79 Å². The van der Waals surface area contributed by atoms with Crippen molar-refractivity contribution in [3.05, 3.63) is 70.3 Å². The normalized spacial score (nSPS) is 16.2. The molecule has 3 nitrogen and oxygen atoms in total. The molecule has 0 N–H and O–H groups in total. The summed E-state index contributed by atoms with van der Waals surface area (Å²) >= 11 is 0. The molecular formula is C26H33BrN2O. The van der Waals surface area contributed by atoms with E-state index in [9.17, 15) is 10.1 Å². The molecule has 160 valence electrons. The van der Waals surface area contributed by atoms with Crippen molar-refractivity contribution < 1.29 is 26.3 Å². The largest absolute Gasteiger partial charge is 1.00 e. The second kappa shape index (κ2) is 10.9. The van der Waals surface area contributed by atoms with Crippen LogP contribution in [0.25, 0.3) is 0 Å². The molecule has 2 aromatic rings. The molecule has 0 bridgehead atoms. The number of carbonyl (C=O) groups excluding carboxylic acids is 1. The lowest BCUT2D eigenvalue weighted by Gasteiger charge is -2.46. The highest BCUT2D eigenvalue weighted by atomic mass is 79.9. The van der Waals surface area contributed by atoms with Crippen LogP contribution in [0.3, 0.4) is 0 Å². The van der Waals surface area contributed by atoms with Crippen molar-refractivity contribution in [3.8, 4) is 6.07 Å². The van der Waals surface area contributed by atoms with E-state index in [0.29, 0.717) is 17.8 Å². The number of quaternary nitrogens is 1. The van der Waals surface area contributed by atoms with Crippen molar-refractivity contribution in [1.82, 2.24) is 0 Å². The first kappa shape index (κ1) is 24.3. The molecule has 4 heteroatoms. The Labute approximate surface area is 192 Å². The average molecular weight is 469 g/mol. The number of nitriles is 1. The molecule has 1 saturated heterocycles. The molecule has 0 aromatic heterocycles. The van der Waals surface area contributed by atoms with E-state index in [1.807, 2.05) is 18.2 Å². The molecule has 1 fully saturated rings. The minimum absolute atomic E-state index is 0. The standard InChI is InChI=1S/C26H33N2O.BrH/c1-4-25(26(29)17-24-20(2)10-8-11-21(24)3)28(14-6-5-7-15-28)19-23-13-9-12-22(16-23)18-27;/h8-13,16,25H,4-7,14-15,17,19H2,1-3H3;1H/q+1;/p-1. The summed E-state index contributed by atoms with van der Waals surface area (Å²) < 4.78 is 0.842. The highest BCUT2D eigenvalue weighted by Gasteiger charge is 2.41. The second-order valence-electron chi connectivity index (χ2n) is 8.63. The Hall–Kier alpha value is -1.96. The van der Waals surface area contributed by atoms with Crippen molar-refractivity contribution >= 4 is 5.78 Å². The summed E-state index contributed by atoms with van der Waals surface area (Å²) in [5.41, 5.74) is 5.48. The van der Waals surface area contributed by atoms with Crippen molar-refractivity contribution in [2.24, 2.45) is 0 Å². The Kier molecular flexibility index (Phi) is 8.82. The van der Waals surface area contributed by atoms with Gasteiger partial charge in [-0.15, -0.1) is 0 Å². The van der Waals surface area contributed by atoms with Gasteiger partial charge in [0.2, 0.25) is 0 Å². The molecule has 30 heavy (non-hydrogen) atoms. The quantitative estimate of drug-likeness (QED) is 0.584. The van der Waals surface area contributed by atoms with Crippen molar-refractivity contribution in [1.29, 1.82) is 5.26 Å². The van der Waals surface area contributed by atoms with Crippen LogP contribution in [0.4, 0.5) is 0 Å². The first-order valence-electron chi connectivity index (χ1n) is 10.9. The lowest BCUT2D eigenvalue weighted by atomic mass is 9.91. The Balaban J connectivity index is 0.00000320. The Morgan fingerprint density at radius 2 is 1.70 bits per heavy atom. The number of aryl methyl sites for hydroxylation is 2. The fraction of sp³-hybridized carbons (Fsp3) is 0.462. The van der Waals surface area contributed by atoms with E-state index in [1.54, 1.807) is 0 Å². The number of hydrogen-bond acceptors (Lipinski definition) is 2. The zero-order valence-electron chi connectivity index (χ0n) is 18.5. The maximum absolute atomic E-state index is 13.6. The number of hydrogen-bond donors (Lipinski definition) is 0. The lowest BCUT2D eigenvalue weighted by molar-refractivity contribution is -0.959. The molecule has 2 aromatic carbocycles. The molecule has 1 heterocycles. The summed E-state index contributed by atoms with van der Waals surface area (Å²) in [4.78, 5) is 13.6. The fourth-order valence-corrected chi connectivity index (χ4v) is 5.17. The van der Waals surface area contributed by atoms with Gasteiger partial charge in [0.15, 0.2) is 5.78 Å². The van der Waals surface area contributed by atoms with Gasteiger partial charge in [0.25, 0.3) is 0 Å². The SMILES string of the molecule is CCC(C(=O)Cc1c(C)cccc1C)[N+]1(Cc2cccc(C#N)c2)CCCCC1.[Br-]. The predicted molar refractivity (Wildman–Crippen MR) is 117 cm³/mol. The van der Waals surface area contributed by atoms with Crippen LogP contribution in [0.15, 0.2) is 42.5 Å². The number of likely N-dealkylation sites (tertiary alicyclic amines) is 1. The van der Waals surface area contributed by atoms with Gasteiger partial charge < -0.3 is 21.5 Å². The summed E-state index contributed by atoms with van der Waals surface area (Å²) in [6.07, 6.45) is 4.98. The van der Waals surface area contributed by atoms with E-state index in [2.05, 4.69) is 51.1 Å². The van der Waals surface area contributed by atoms with Crippen LogP contribution < -0.4 is 17.0 Å². The Bertz CT molecular complexity index is 889. The zero-order valence-corrected chi connectivity index (χ0v) is 20.0. The summed E-state index contributed by atoms with van der Waals surface area (Å²) in [5.74, 6) is 0.364. The molecular weight excluding hydrogens is 436 g/mol. The van der Waals surface area contributed by atoms with Gasteiger partial charge in [-0.1, -0.05) is 37.3 Å². The first-order chi connectivity index (χ1) is 14.0. The average Bonchev–Trinajstić information content (AvgIpc) is 2.72. The molecule has 1 atom stereocenters. The number of carbonyl (C=O) groups is 1. The summed E-state index contributed by atoms with van der Waals surface area (Å²) in [6.45, 7) is 9.31. The van der Waals surface area contributed by atoms with Gasteiger partial charge in [0.05, 0.1) is 24.7 Å². The minimum Gasteiger partial charge on any atom is -1.00 e. The number of benzene rings is 2. The molecule has 0 aliphatic carbocycles. The first-order valence-corrected chi connectivity index (χ1v) is 10.9. The van der Waals surface area contributed by atoms with Gasteiger partial charge in [-0.2, -0.15) is 5.26 Å². The van der Waals surface area contributed by atoms with E-state index in [0.717, 1.165) is 30.5 Å². The van der Waals surface area contributed by atoms with Crippen LogP contribution >= 0.6 is 0 Å². The number of halogens is 1. The molecule has 0 amide bonds. The minimum atomic E-state index is 0. The van der Waals surface area contributed by atoms with Gasteiger partial charge in [-0.05, 0) is 61.9 Å². The third-order valence-corrected chi connectivity index (χ3v) is 6.68. The number of piperidine rings is 1. The molecule has 3 rings (SSSR count). The second-order valence-corrected chi connectivity index (χ2v) is 8.63. The zero-order chi connectivity index (χ0) is 20.9. The maximum atomic E-state index is 13.6. The highest BCUT2D eigenvalue weighted by molar-refractivity contribution is 5.85. The maximum Gasteiger partial charge on any atom is 0.194 e. The van der Waals surface area contributed by atoms with Gasteiger partial charge in [0.1, 0.15) is 12.6 Å². The van der Waals surface area contributed by atoms with Gasteiger partial charge in [0, 0.05) is 18.4 Å². The monoisotopic (exact) mass is 468 g/mol. The van der Waals surface area contributed by atoms with E-state index < -0.39 is 0 Å². The number of rotatable bonds is 7. The van der Waals surface area contributed by atoms with Crippen molar-refractivity contribution in [2.75, 3.05) is 13.1 Å². The number of Topliss-reactive ketones (excluding diaryl/α,β-unsaturated/α-hetero) is 1. The molecule has 0 spiro atoms. The molecule has 1 aliphatic heterocycles. The molecule has 1 unspecified atom stereocenters. The number of ketones is 1. The van der Waals surface area contributed by atoms with E-state index in [-0.39, 0.29) is 23.0 Å². The lowest BCUT2D eigenvalue weighted by Crippen LogP contribution is -3.00. The van der Waals surface area contributed by atoms with Crippen molar-refractivity contribution in [2.45, 2.75) is 65.5 Å². The summed E-state index contributed by atoms with van der Waals surface area (Å²) in [5, 5.41) is 9.28. The Morgan fingerprint density at radius 1 is 1.07 bits per heavy atom. The van der Waals surface area contributed by atoms with E-state index >= 15 is 0 Å². The van der Waals surface area contributed by atoms with Crippen LogP contribution in [0.5, 0.6) is 0 Å². The van der Waals surface area contributed by atoms with Crippen LogP contribution in [0.2, 0.25) is 0 Å². The van der Waals surface area contributed by atoms with Crippen LogP contribution in [-0.4, -0.2) is 29.4 Å². The van der Waals surface area contributed by atoms with Gasteiger partial charge in [-0.25, -0.2) is 0 Å². The van der Waals surface area contributed by atoms with Gasteiger partial charge >= 0.3 is 0 Å². The number of nitrogens with zero attached hydrogens (tertiary/aromatic N) is 2. The van der Waals surface area contributed by atoms with E-state index in [1.165, 1.54) is 41.5 Å². The van der Waals surface area contributed by atoms with E-state index in [4.69, 9.17) is 0 Å². The fourth-order valence-electron chi connectivity index (χ4n) is 5.17. The summed E-state index contributed by atoms with van der Waals surface area (Å²) in [6, 6.07) is 16.5. The van der Waals surface area contributed by atoms with Crippen LogP contribution in [0, 0.1) is 25.2 Å².